The van der Waals surface area contributed by atoms with Crippen molar-refractivity contribution < 1.29 is 14.7 Å². The summed E-state index contributed by atoms with van der Waals surface area (Å²) >= 11 is 0. The molecule has 0 radical (unpaired) electrons. The van der Waals surface area contributed by atoms with Crippen LogP contribution in [0.2, 0.25) is 0 Å². The molecule has 2 aromatic carbocycles. The molecule has 0 aliphatic carbocycles. The second kappa shape index (κ2) is 7.30. The zero-order valence-electron chi connectivity index (χ0n) is 14.1. The Morgan fingerprint density at radius 3 is 2.64 bits per heavy atom. The molecule has 0 fully saturated rings. The third-order valence-corrected chi connectivity index (χ3v) is 4.42. The number of carbonyl (C=O) groups excluding carboxylic acids is 1. The van der Waals surface area contributed by atoms with Gasteiger partial charge >= 0.3 is 5.97 Å². The summed E-state index contributed by atoms with van der Waals surface area (Å²) in [5.74, 6) is -0.0575. The van der Waals surface area contributed by atoms with E-state index in [1.807, 2.05) is 34.9 Å². The fraction of sp³-hybridized carbons (Fsp3) is 0.250. The lowest BCUT2D eigenvalue weighted by Crippen LogP contribution is -2.09. The van der Waals surface area contributed by atoms with Crippen molar-refractivity contribution in [1.29, 1.82) is 0 Å². The topological polar surface area (TPSA) is 72.2 Å². The van der Waals surface area contributed by atoms with E-state index in [1.54, 1.807) is 12.3 Å². The molecule has 0 aliphatic rings. The van der Waals surface area contributed by atoms with Crippen LogP contribution >= 0.6 is 0 Å². The van der Waals surface area contributed by atoms with Gasteiger partial charge in [-0.15, -0.1) is 0 Å². The van der Waals surface area contributed by atoms with Crippen LogP contribution in [0, 0.1) is 0 Å². The van der Waals surface area contributed by atoms with Crippen LogP contribution in [0.3, 0.4) is 0 Å². The maximum absolute atomic E-state index is 11.5. The predicted octanol–water partition coefficient (Wildman–Crippen LogP) is 3.94. The molecular weight excluding hydrogens is 316 g/mol. The summed E-state index contributed by atoms with van der Waals surface area (Å²) in [5.41, 5.74) is 1.80. The number of fused-ring (bicyclic) bond motifs is 1. The van der Waals surface area contributed by atoms with Crippen molar-refractivity contribution in [3.05, 3.63) is 65.2 Å². The number of carboxylic acids is 1. The van der Waals surface area contributed by atoms with Crippen LogP contribution in [-0.4, -0.2) is 26.9 Å². The minimum absolute atomic E-state index is 0.284. The predicted molar refractivity (Wildman–Crippen MR) is 96.2 cm³/mol. The van der Waals surface area contributed by atoms with Crippen molar-refractivity contribution in [1.82, 2.24) is 9.55 Å². The second-order valence-electron chi connectivity index (χ2n) is 6.03. The van der Waals surface area contributed by atoms with E-state index < -0.39 is 5.97 Å². The van der Waals surface area contributed by atoms with Gasteiger partial charge in [-0.25, -0.2) is 9.78 Å². The summed E-state index contributed by atoms with van der Waals surface area (Å²) in [7, 11) is 0. The van der Waals surface area contributed by atoms with Crippen molar-refractivity contribution in [3.8, 4) is 0 Å². The van der Waals surface area contributed by atoms with Gasteiger partial charge in [0.25, 0.3) is 0 Å². The van der Waals surface area contributed by atoms with E-state index >= 15 is 0 Å². The highest BCUT2D eigenvalue weighted by molar-refractivity contribution is 6.04. The maximum Gasteiger partial charge on any atom is 0.336 e. The number of rotatable bonds is 7. The summed E-state index contributed by atoms with van der Waals surface area (Å²) in [4.78, 5) is 27.2. The van der Waals surface area contributed by atoms with Gasteiger partial charge in [0, 0.05) is 6.42 Å². The van der Waals surface area contributed by atoms with Gasteiger partial charge < -0.3 is 9.67 Å². The van der Waals surface area contributed by atoms with Crippen molar-refractivity contribution in [2.45, 2.75) is 32.7 Å². The van der Waals surface area contributed by atoms with Crippen LogP contribution in [0.4, 0.5) is 0 Å². The standard InChI is InChI=1S/C20H20N2O3/c1-2-3-8-19-21-11-15(13-23)22(19)12-14-9-10-18(20(24)25)17-7-5-4-6-16(14)17/h4-7,9-11,13H,2-3,8,12H2,1H3,(H,24,25). The number of carbonyl (C=O) groups is 2. The Hall–Kier alpha value is -2.95. The van der Waals surface area contributed by atoms with E-state index in [9.17, 15) is 14.7 Å². The molecule has 5 nitrogen and oxygen atoms in total. The minimum atomic E-state index is -0.942. The quantitative estimate of drug-likeness (QED) is 0.663. The number of benzene rings is 2. The Labute approximate surface area is 145 Å². The molecule has 1 aromatic heterocycles. The van der Waals surface area contributed by atoms with Crippen LogP contribution in [0.5, 0.6) is 0 Å². The highest BCUT2D eigenvalue weighted by atomic mass is 16.4. The third kappa shape index (κ3) is 3.31. The van der Waals surface area contributed by atoms with Gasteiger partial charge in [0.15, 0.2) is 6.29 Å². The Morgan fingerprint density at radius 1 is 1.20 bits per heavy atom. The van der Waals surface area contributed by atoms with Gasteiger partial charge in [-0.3, -0.25) is 4.79 Å². The number of aryl methyl sites for hydroxylation is 1. The van der Waals surface area contributed by atoms with Crippen LogP contribution in [0.25, 0.3) is 10.8 Å². The molecule has 128 valence electrons. The summed E-state index contributed by atoms with van der Waals surface area (Å²) in [6, 6.07) is 10.9. The lowest BCUT2D eigenvalue weighted by atomic mass is 9.99. The average molecular weight is 336 g/mol. The molecule has 0 amide bonds. The monoisotopic (exact) mass is 336 g/mol. The summed E-state index contributed by atoms with van der Waals surface area (Å²) in [6.45, 7) is 2.61. The molecule has 0 atom stereocenters. The number of unbranched alkanes of at least 4 members (excludes halogenated alkanes) is 1. The van der Waals surface area contributed by atoms with E-state index in [1.165, 1.54) is 0 Å². The number of carboxylic acid groups (broad SMARTS) is 1. The molecule has 1 N–H and O–H groups in total. The molecule has 0 spiro atoms. The van der Waals surface area contributed by atoms with Gasteiger partial charge in [-0.05, 0) is 28.8 Å². The first-order chi connectivity index (χ1) is 12.2. The van der Waals surface area contributed by atoms with E-state index in [-0.39, 0.29) is 5.56 Å². The summed E-state index contributed by atoms with van der Waals surface area (Å²) in [5, 5.41) is 11.0. The van der Waals surface area contributed by atoms with Crippen molar-refractivity contribution in [3.63, 3.8) is 0 Å². The molecule has 0 saturated carbocycles. The van der Waals surface area contributed by atoms with Crippen LogP contribution in [0.1, 0.15) is 52.0 Å². The molecule has 3 aromatic rings. The summed E-state index contributed by atoms with van der Waals surface area (Å²) < 4.78 is 1.92. The molecule has 0 saturated heterocycles. The zero-order valence-corrected chi connectivity index (χ0v) is 14.1. The van der Waals surface area contributed by atoms with Crippen molar-refractivity contribution in [2.24, 2.45) is 0 Å². The van der Waals surface area contributed by atoms with Gasteiger partial charge in [0.1, 0.15) is 11.5 Å². The molecule has 0 aliphatic heterocycles. The molecule has 0 bridgehead atoms. The van der Waals surface area contributed by atoms with E-state index in [2.05, 4.69) is 11.9 Å². The van der Waals surface area contributed by atoms with Crippen LogP contribution in [-0.2, 0) is 13.0 Å². The number of hydrogen-bond donors (Lipinski definition) is 1. The van der Waals surface area contributed by atoms with E-state index in [0.717, 1.165) is 42.3 Å². The fourth-order valence-electron chi connectivity index (χ4n) is 3.10. The van der Waals surface area contributed by atoms with Gasteiger partial charge in [0.05, 0.1) is 18.3 Å². The van der Waals surface area contributed by atoms with E-state index in [4.69, 9.17) is 0 Å². The van der Waals surface area contributed by atoms with Crippen molar-refractivity contribution in [2.75, 3.05) is 0 Å². The lowest BCUT2D eigenvalue weighted by molar-refractivity contribution is 0.0699. The third-order valence-electron chi connectivity index (χ3n) is 4.42. The first-order valence-corrected chi connectivity index (χ1v) is 8.39. The Morgan fingerprint density at radius 2 is 1.96 bits per heavy atom. The van der Waals surface area contributed by atoms with Crippen molar-refractivity contribution >= 4 is 23.0 Å². The normalized spacial score (nSPS) is 10.9. The highest BCUT2D eigenvalue weighted by Crippen LogP contribution is 2.24. The molecule has 25 heavy (non-hydrogen) atoms. The van der Waals surface area contributed by atoms with Gasteiger partial charge in [-0.2, -0.15) is 0 Å². The molecule has 0 unspecified atom stereocenters. The molecule has 3 rings (SSSR count). The second-order valence-corrected chi connectivity index (χ2v) is 6.03. The first-order valence-electron chi connectivity index (χ1n) is 8.39. The molecular formula is C20H20N2O3. The lowest BCUT2D eigenvalue weighted by Gasteiger charge is -2.13. The maximum atomic E-state index is 11.5. The highest BCUT2D eigenvalue weighted by Gasteiger charge is 2.14. The smallest absolute Gasteiger partial charge is 0.336 e. The first kappa shape index (κ1) is 16.9. The van der Waals surface area contributed by atoms with Crippen LogP contribution < -0.4 is 0 Å². The Bertz CT molecular complexity index is 928. The average Bonchev–Trinajstić information content (AvgIpc) is 3.01. The number of aromatic nitrogens is 2. The Kier molecular flexibility index (Phi) is 4.93. The number of aldehydes is 1. The molecule has 5 heteroatoms. The minimum Gasteiger partial charge on any atom is -0.478 e. The Balaban J connectivity index is 2.07. The summed E-state index contributed by atoms with van der Waals surface area (Å²) in [6.07, 6.45) is 5.30. The zero-order chi connectivity index (χ0) is 17.8. The number of nitrogens with zero attached hydrogens (tertiary/aromatic N) is 2. The SMILES string of the molecule is CCCCc1ncc(C=O)n1Cc1ccc(C(=O)O)c2ccccc12. The number of imidazole rings is 1. The number of aromatic carboxylic acids is 1. The molecule has 1 heterocycles. The fourth-order valence-corrected chi connectivity index (χ4v) is 3.10. The van der Waals surface area contributed by atoms with Gasteiger partial charge in [0.2, 0.25) is 0 Å². The largest absolute Gasteiger partial charge is 0.478 e. The van der Waals surface area contributed by atoms with E-state index in [0.29, 0.717) is 17.6 Å². The number of hydrogen-bond acceptors (Lipinski definition) is 3. The van der Waals surface area contributed by atoms with Crippen LogP contribution in [0.15, 0.2) is 42.6 Å². The van der Waals surface area contributed by atoms with Gasteiger partial charge in [-0.1, -0.05) is 43.7 Å².